The predicted molar refractivity (Wildman–Crippen MR) is 87.4 cm³/mol. The van der Waals surface area contributed by atoms with Gasteiger partial charge < -0.3 is 15.0 Å². The van der Waals surface area contributed by atoms with E-state index < -0.39 is 0 Å². The number of hydrogen-bond acceptors (Lipinski definition) is 6. The van der Waals surface area contributed by atoms with E-state index in [1.54, 1.807) is 18.4 Å². The largest absolute Gasteiger partial charge is 0.480 e. The number of ether oxygens (including phenoxy) is 1. The zero-order valence-electron chi connectivity index (χ0n) is 13.3. The molecule has 2 atom stereocenters. The highest BCUT2D eigenvalue weighted by molar-refractivity contribution is 7.15. The van der Waals surface area contributed by atoms with E-state index >= 15 is 0 Å². The Morgan fingerprint density at radius 1 is 1.33 bits per heavy atom. The van der Waals surface area contributed by atoms with Crippen LogP contribution in [0.15, 0.2) is 0 Å². The van der Waals surface area contributed by atoms with Crippen molar-refractivity contribution >= 4 is 16.5 Å². The summed E-state index contributed by atoms with van der Waals surface area (Å²) in [5, 5.41) is 4.76. The van der Waals surface area contributed by atoms with Gasteiger partial charge in [0.25, 0.3) is 0 Å². The highest BCUT2D eigenvalue weighted by atomic mass is 32.1. The summed E-state index contributed by atoms with van der Waals surface area (Å²) in [6.45, 7) is 3.41. The van der Waals surface area contributed by atoms with Crippen molar-refractivity contribution < 1.29 is 4.74 Å². The standard InChI is InChI=1S/C15H26N4OS/c1-18(2)15-17-14(20-3)13(21-15)10-16-11-7-9-19-8-5-4-6-12(11)19/h11-12,16H,4-10H2,1-3H3. The first-order chi connectivity index (χ1) is 10.2. The van der Waals surface area contributed by atoms with Crippen molar-refractivity contribution in [3.05, 3.63) is 4.88 Å². The fourth-order valence-corrected chi connectivity index (χ4v) is 4.40. The number of piperidine rings is 1. The molecule has 118 valence electrons. The molecule has 2 fully saturated rings. The van der Waals surface area contributed by atoms with Gasteiger partial charge in [0, 0.05) is 39.3 Å². The van der Waals surface area contributed by atoms with E-state index in [4.69, 9.17) is 4.74 Å². The molecule has 3 rings (SSSR count). The number of aromatic nitrogens is 1. The fourth-order valence-electron chi connectivity index (χ4n) is 3.50. The number of methoxy groups -OCH3 is 1. The Kier molecular flexibility index (Phi) is 4.66. The van der Waals surface area contributed by atoms with Gasteiger partial charge in [-0.2, -0.15) is 4.98 Å². The van der Waals surface area contributed by atoms with E-state index in [1.165, 1.54) is 43.6 Å². The first kappa shape index (κ1) is 15.1. The Morgan fingerprint density at radius 2 is 2.19 bits per heavy atom. The maximum absolute atomic E-state index is 5.42. The summed E-state index contributed by atoms with van der Waals surface area (Å²) < 4.78 is 5.42. The predicted octanol–water partition coefficient (Wildman–Crippen LogP) is 1.93. The van der Waals surface area contributed by atoms with Gasteiger partial charge in [0.05, 0.1) is 12.0 Å². The van der Waals surface area contributed by atoms with Crippen molar-refractivity contribution in [2.75, 3.05) is 39.2 Å². The summed E-state index contributed by atoms with van der Waals surface area (Å²) in [7, 11) is 5.75. The van der Waals surface area contributed by atoms with E-state index in [0.717, 1.165) is 23.6 Å². The number of anilines is 1. The third kappa shape index (κ3) is 3.17. The van der Waals surface area contributed by atoms with Crippen LogP contribution in [-0.2, 0) is 6.54 Å². The molecule has 1 aromatic rings. The smallest absolute Gasteiger partial charge is 0.230 e. The van der Waals surface area contributed by atoms with Crippen LogP contribution in [0.5, 0.6) is 5.88 Å². The summed E-state index contributed by atoms with van der Waals surface area (Å²) in [5.41, 5.74) is 0. The number of hydrogen-bond donors (Lipinski definition) is 1. The highest BCUT2D eigenvalue weighted by Gasteiger charge is 2.35. The van der Waals surface area contributed by atoms with Crippen LogP contribution in [0.1, 0.15) is 30.6 Å². The van der Waals surface area contributed by atoms with Crippen molar-refractivity contribution in [1.82, 2.24) is 15.2 Å². The van der Waals surface area contributed by atoms with Crippen molar-refractivity contribution in [3.63, 3.8) is 0 Å². The molecule has 2 aliphatic heterocycles. The summed E-state index contributed by atoms with van der Waals surface area (Å²) >= 11 is 1.72. The number of thiazole rings is 1. The third-order valence-electron chi connectivity index (χ3n) is 4.61. The lowest BCUT2D eigenvalue weighted by Gasteiger charge is -2.32. The molecule has 2 saturated heterocycles. The molecule has 0 bridgehead atoms. The van der Waals surface area contributed by atoms with Crippen LogP contribution in [-0.4, -0.2) is 56.3 Å². The molecule has 2 unspecified atom stereocenters. The molecule has 0 aromatic carbocycles. The molecule has 0 saturated carbocycles. The van der Waals surface area contributed by atoms with Gasteiger partial charge in [-0.3, -0.25) is 4.90 Å². The minimum Gasteiger partial charge on any atom is -0.480 e. The molecule has 3 heterocycles. The Labute approximate surface area is 131 Å². The van der Waals surface area contributed by atoms with Gasteiger partial charge in [0.1, 0.15) is 0 Å². The monoisotopic (exact) mass is 310 g/mol. The first-order valence-corrected chi connectivity index (χ1v) is 8.69. The van der Waals surface area contributed by atoms with Crippen LogP contribution in [0.3, 0.4) is 0 Å². The van der Waals surface area contributed by atoms with Gasteiger partial charge in [-0.05, 0) is 25.8 Å². The van der Waals surface area contributed by atoms with Gasteiger partial charge >= 0.3 is 0 Å². The van der Waals surface area contributed by atoms with Crippen LogP contribution < -0.4 is 15.0 Å². The number of fused-ring (bicyclic) bond motifs is 1. The number of nitrogens with one attached hydrogen (secondary N) is 1. The molecule has 1 N–H and O–H groups in total. The zero-order valence-corrected chi connectivity index (χ0v) is 14.1. The quantitative estimate of drug-likeness (QED) is 0.900. The lowest BCUT2D eigenvalue weighted by atomic mass is 9.99. The molecule has 5 nitrogen and oxygen atoms in total. The fraction of sp³-hybridized carbons (Fsp3) is 0.800. The Hall–Kier alpha value is -0.850. The van der Waals surface area contributed by atoms with E-state index in [2.05, 4.69) is 15.2 Å². The number of nitrogens with zero attached hydrogens (tertiary/aromatic N) is 3. The van der Waals surface area contributed by atoms with Crippen molar-refractivity contribution in [1.29, 1.82) is 0 Å². The van der Waals surface area contributed by atoms with E-state index in [1.807, 2.05) is 19.0 Å². The lowest BCUT2D eigenvalue weighted by Crippen LogP contribution is -2.44. The van der Waals surface area contributed by atoms with Crippen molar-refractivity contribution in [2.24, 2.45) is 0 Å². The van der Waals surface area contributed by atoms with Crippen LogP contribution in [0, 0.1) is 0 Å². The lowest BCUT2D eigenvalue weighted by molar-refractivity contribution is 0.180. The second-order valence-corrected chi connectivity index (χ2v) is 7.26. The second kappa shape index (κ2) is 6.50. The first-order valence-electron chi connectivity index (χ1n) is 7.87. The summed E-state index contributed by atoms with van der Waals surface area (Å²) in [4.78, 5) is 10.4. The Bertz CT molecular complexity index is 476. The van der Waals surface area contributed by atoms with Gasteiger partial charge in [-0.25, -0.2) is 0 Å². The van der Waals surface area contributed by atoms with Gasteiger partial charge in [-0.15, -0.1) is 0 Å². The minimum absolute atomic E-state index is 0.625. The van der Waals surface area contributed by atoms with Gasteiger partial charge in [0.2, 0.25) is 5.88 Å². The maximum atomic E-state index is 5.42. The second-order valence-electron chi connectivity index (χ2n) is 6.20. The molecule has 21 heavy (non-hydrogen) atoms. The maximum Gasteiger partial charge on any atom is 0.230 e. The molecule has 0 aliphatic carbocycles. The number of rotatable bonds is 5. The molecule has 2 aliphatic rings. The molecule has 0 spiro atoms. The summed E-state index contributed by atoms with van der Waals surface area (Å²) in [5.74, 6) is 0.773. The SMILES string of the molecule is COc1nc(N(C)C)sc1CNC1CCN2CCCCC12. The normalized spacial score (nSPS) is 25.9. The van der Waals surface area contributed by atoms with E-state index in [9.17, 15) is 0 Å². The average Bonchev–Trinajstić information content (AvgIpc) is 3.09. The molecular formula is C15H26N4OS. The minimum atomic E-state index is 0.625. The van der Waals surface area contributed by atoms with Gasteiger partial charge in [0.15, 0.2) is 5.13 Å². The third-order valence-corrected chi connectivity index (χ3v) is 5.81. The zero-order chi connectivity index (χ0) is 14.8. The summed E-state index contributed by atoms with van der Waals surface area (Å²) in [6.07, 6.45) is 5.37. The van der Waals surface area contributed by atoms with Crippen LogP contribution in [0.2, 0.25) is 0 Å². The van der Waals surface area contributed by atoms with Gasteiger partial charge in [-0.1, -0.05) is 17.8 Å². The Balaban J connectivity index is 1.62. The van der Waals surface area contributed by atoms with Crippen LogP contribution in [0.25, 0.3) is 0 Å². The summed E-state index contributed by atoms with van der Waals surface area (Å²) in [6, 6.07) is 1.37. The van der Waals surface area contributed by atoms with Crippen LogP contribution >= 0.6 is 11.3 Å². The molecule has 6 heteroatoms. The topological polar surface area (TPSA) is 40.6 Å². The van der Waals surface area contributed by atoms with E-state index in [0.29, 0.717) is 6.04 Å². The van der Waals surface area contributed by atoms with E-state index in [-0.39, 0.29) is 0 Å². The molecule has 0 amide bonds. The molecular weight excluding hydrogens is 284 g/mol. The van der Waals surface area contributed by atoms with Crippen molar-refractivity contribution in [3.8, 4) is 5.88 Å². The molecule has 1 aromatic heterocycles. The Morgan fingerprint density at radius 3 is 2.95 bits per heavy atom. The molecule has 0 radical (unpaired) electrons. The van der Waals surface area contributed by atoms with Crippen molar-refractivity contribution in [2.45, 2.75) is 44.3 Å². The van der Waals surface area contributed by atoms with Crippen LogP contribution in [0.4, 0.5) is 5.13 Å². The highest BCUT2D eigenvalue weighted by Crippen LogP contribution is 2.32. The average molecular weight is 310 g/mol.